The molecule has 0 aromatic heterocycles. The minimum absolute atomic E-state index is 0.146. The zero-order chi connectivity index (χ0) is 23.4. The van der Waals surface area contributed by atoms with Crippen LogP contribution in [0.2, 0.25) is 0 Å². The molecule has 0 spiro atoms. The predicted octanol–water partition coefficient (Wildman–Crippen LogP) is 0.762. The summed E-state index contributed by atoms with van der Waals surface area (Å²) in [7, 11) is -3.71. The van der Waals surface area contributed by atoms with Crippen LogP contribution < -0.4 is 14.8 Å². The van der Waals surface area contributed by atoms with Gasteiger partial charge in [-0.15, -0.1) is 0 Å². The lowest BCUT2D eigenvalue weighted by atomic mass is 9.98. The molecule has 1 aromatic carbocycles. The van der Waals surface area contributed by atoms with Gasteiger partial charge in [0.05, 0.1) is 12.5 Å². The summed E-state index contributed by atoms with van der Waals surface area (Å²) >= 11 is 0. The number of benzene rings is 1. The summed E-state index contributed by atoms with van der Waals surface area (Å²) in [5.41, 5.74) is 0.882. The Morgan fingerprint density at radius 1 is 1.09 bits per heavy atom. The van der Waals surface area contributed by atoms with Crippen molar-refractivity contribution in [1.29, 1.82) is 0 Å². The molecule has 12 heteroatoms. The number of carbonyl (C=O) groups is 2. The molecule has 33 heavy (non-hydrogen) atoms. The largest absolute Gasteiger partial charge is 0.454 e. The lowest BCUT2D eigenvalue weighted by Gasteiger charge is -2.38. The van der Waals surface area contributed by atoms with Crippen molar-refractivity contribution in [3.05, 3.63) is 23.8 Å². The molecule has 0 saturated carbocycles. The second-order valence-corrected chi connectivity index (χ2v) is 10.1. The third-order valence-corrected chi connectivity index (χ3v) is 8.08. The molecule has 0 aliphatic carbocycles. The number of piperazine rings is 1. The van der Waals surface area contributed by atoms with Crippen molar-refractivity contribution < 1.29 is 32.2 Å². The summed E-state index contributed by atoms with van der Waals surface area (Å²) in [5, 5.41) is 2.91. The Bertz CT molecular complexity index is 979. The third kappa shape index (κ3) is 5.33. The fourth-order valence-electron chi connectivity index (χ4n) is 4.23. The van der Waals surface area contributed by atoms with Crippen LogP contribution in [0, 0.1) is 5.92 Å². The Morgan fingerprint density at radius 2 is 1.85 bits per heavy atom. The van der Waals surface area contributed by atoms with Gasteiger partial charge in [-0.2, -0.15) is 17.0 Å². The van der Waals surface area contributed by atoms with Crippen molar-refractivity contribution >= 4 is 22.2 Å². The van der Waals surface area contributed by atoms with Crippen molar-refractivity contribution in [3.63, 3.8) is 0 Å². The Hall–Kier alpha value is -2.57. The minimum Gasteiger partial charge on any atom is -0.454 e. The zero-order valence-electron chi connectivity index (χ0n) is 18.7. The number of rotatable bonds is 6. The summed E-state index contributed by atoms with van der Waals surface area (Å²) in [5.74, 6) is 0.754. The molecule has 3 heterocycles. The summed E-state index contributed by atoms with van der Waals surface area (Å²) in [6.07, 6.45) is 0.825. The van der Waals surface area contributed by atoms with Gasteiger partial charge in [-0.05, 0) is 37.5 Å². The van der Waals surface area contributed by atoms with E-state index in [0.717, 1.165) is 5.56 Å². The normalized spacial score (nSPS) is 21.6. The zero-order valence-corrected chi connectivity index (χ0v) is 19.5. The van der Waals surface area contributed by atoms with Gasteiger partial charge >= 0.3 is 6.09 Å². The van der Waals surface area contributed by atoms with Gasteiger partial charge in [-0.25, -0.2) is 4.79 Å². The SMILES string of the molecule is CCOC(=O)N1CCN(S(=O)(=O)N2CCCC(C(=O)NCc3ccc4c(c3)OCO4)C2)CC1. The number of ether oxygens (including phenoxy) is 3. The second-order valence-electron chi connectivity index (χ2n) is 8.20. The topological polar surface area (TPSA) is 118 Å². The molecule has 1 N–H and O–H groups in total. The summed E-state index contributed by atoms with van der Waals surface area (Å²) in [6.45, 7) is 4.04. The van der Waals surface area contributed by atoms with Gasteiger partial charge < -0.3 is 24.4 Å². The van der Waals surface area contributed by atoms with Crippen LogP contribution in [0.1, 0.15) is 25.3 Å². The molecule has 1 aromatic rings. The lowest BCUT2D eigenvalue weighted by molar-refractivity contribution is -0.126. The van der Waals surface area contributed by atoms with E-state index in [0.29, 0.717) is 37.4 Å². The molecule has 2 amide bonds. The molecule has 3 aliphatic heterocycles. The van der Waals surface area contributed by atoms with Crippen LogP contribution in [0.5, 0.6) is 11.5 Å². The molecule has 1 atom stereocenters. The van der Waals surface area contributed by atoms with Gasteiger partial charge in [0.2, 0.25) is 12.7 Å². The van der Waals surface area contributed by atoms with Gasteiger partial charge in [0.15, 0.2) is 11.5 Å². The minimum atomic E-state index is -3.71. The van der Waals surface area contributed by atoms with Crippen molar-refractivity contribution in [3.8, 4) is 11.5 Å². The highest BCUT2D eigenvalue weighted by atomic mass is 32.2. The van der Waals surface area contributed by atoms with Crippen LogP contribution in [-0.4, -0.2) is 86.6 Å². The number of nitrogens with zero attached hydrogens (tertiary/aromatic N) is 3. The van der Waals surface area contributed by atoms with E-state index in [9.17, 15) is 18.0 Å². The van der Waals surface area contributed by atoms with E-state index in [4.69, 9.17) is 14.2 Å². The molecule has 1 unspecified atom stereocenters. The molecule has 0 radical (unpaired) electrons. The third-order valence-electron chi connectivity index (χ3n) is 6.08. The second kappa shape index (κ2) is 10.1. The molecule has 4 rings (SSSR count). The smallest absolute Gasteiger partial charge is 0.409 e. The number of amides is 2. The Kier molecular flexibility index (Phi) is 7.25. The van der Waals surface area contributed by atoms with Crippen molar-refractivity contribution in [2.45, 2.75) is 26.3 Å². The Balaban J connectivity index is 1.30. The molecular formula is C21H30N4O7S. The van der Waals surface area contributed by atoms with E-state index >= 15 is 0 Å². The maximum atomic E-state index is 13.2. The molecule has 11 nitrogen and oxygen atoms in total. The maximum Gasteiger partial charge on any atom is 0.409 e. The first kappa shape index (κ1) is 23.6. The van der Waals surface area contributed by atoms with E-state index < -0.39 is 22.2 Å². The molecular weight excluding hydrogens is 452 g/mol. The predicted molar refractivity (Wildman–Crippen MR) is 118 cm³/mol. The number of hydrogen-bond acceptors (Lipinski definition) is 7. The van der Waals surface area contributed by atoms with Crippen LogP contribution in [0.15, 0.2) is 18.2 Å². The van der Waals surface area contributed by atoms with E-state index in [-0.39, 0.29) is 52.0 Å². The van der Waals surface area contributed by atoms with Crippen LogP contribution in [0.4, 0.5) is 4.79 Å². The average Bonchev–Trinajstić information content (AvgIpc) is 3.31. The maximum absolute atomic E-state index is 13.2. The first-order valence-corrected chi connectivity index (χ1v) is 12.6. The highest BCUT2D eigenvalue weighted by molar-refractivity contribution is 7.86. The quantitative estimate of drug-likeness (QED) is 0.636. The van der Waals surface area contributed by atoms with Crippen LogP contribution in [-0.2, 0) is 26.3 Å². The molecule has 2 saturated heterocycles. The van der Waals surface area contributed by atoms with Gasteiger partial charge in [-0.1, -0.05) is 6.07 Å². The number of nitrogens with one attached hydrogen (secondary N) is 1. The molecule has 3 aliphatic rings. The molecule has 182 valence electrons. The Labute approximate surface area is 193 Å². The first-order chi connectivity index (χ1) is 15.9. The van der Waals surface area contributed by atoms with Gasteiger partial charge in [0, 0.05) is 45.8 Å². The number of hydrogen-bond donors (Lipinski definition) is 1. The fraction of sp³-hybridized carbons (Fsp3) is 0.619. The monoisotopic (exact) mass is 482 g/mol. The summed E-state index contributed by atoms with van der Waals surface area (Å²) in [6, 6.07) is 5.50. The van der Waals surface area contributed by atoms with Gasteiger partial charge in [0.25, 0.3) is 10.2 Å². The van der Waals surface area contributed by atoms with Crippen molar-refractivity contribution in [2.75, 3.05) is 52.7 Å². The van der Waals surface area contributed by atoms with Crippen molar-refractivity contribution in [1.82, 2.24) is 18.8 Å². The van der Waals surface area contributed by atoms with Crippen molar-refractivity contribution in [2.24, 2.45) is 5.92 Å². The summed E-state index contributed by atoms with van der Waals surface area (Å²) in [4.78, 5) is 26.1. The number of carbonyl (C=O) groups excluding carboxylic acids is 2. The number of fused-ring (bicyclic) bond motifs is 1. The first-order valence-electron chi connectivity index (χ1n) is 11.2. The standard InChI is InChI=1S/C21H30N4O7S/c1-2-30-21(27)23-8-10-24(11-9-23)33(28,29)25-7-3-4-17(14-25)20(26)22-13-16-5-6-18-19(12-16)32-15-31-18/h5-6,12,17H,2-4,7-11,13-15H2,1H3,(H,22,26). The van der Waals surface area contributed by atoms with Crippen LogP contribution in [0.25, 0.3) is 0 Å². The summed E-state index contributed by atoms with van der Waals surface area (Å²) < 4.78 is 44.7. The fourth-order valence-corrected chi connectivity index (χ4v) is 5.91. The highest BCUT2D eigenvalue weighted by Gasteiger charge is 2.37. The van der Waals surface area contributed by atoms with E-state index in [2.05, 4.69) is 5.32 Å². The van der Waals surface area contributed by atoms with Crippen LogP contribution >= 0.6 is 0 Å². The molecule has 2 fully saturated rings. The van der Waals surface area contributed by atoms with E-state index in [1.54, 1.807) is 13.0 Å². The number of piperidine rings is 1. The van der Waals surface area contributed by atoms with E-state index in [1.165, 1.54) is 13.5 Å². The molecule has 0 bridgehead atoms. The van der Waals surface area contributed by atoms with Gasteiger partial charge in [0.1, 0.15) is 0 Å². The highest BCUT2D eigenvalue weighted by Crippen LogP contribution is 2.32. The van der Waals surface area contributed by atoms with Gasteiger partial charge in [-0.3, -0.25) is 4.79 Å². The van der Waals surface area contributed by atoms with Crippen LogP contribution in [0.3, 0.4) is 0 Å². The van der Waals surface area contributed by atoms with E-state index in [1.807, 2.05) is 12.1 Å². The Morgan fingerprint density at radius 3 is 2.61 bits per heavy atom. The lowest BCUT2D eigenvalue weighted by Crippen LogP contribution is -2.56. The average molecular weight is 483 g/mol.